The first kappa shape index (κ1) is 14.9. The van der Waals surface area contributed by atoms with Crippen LogP contribution in [-0.4, -0.2) is 32.3 Å². The fraction of sp³-hybridized carbons (Fsp3) is 0.667. The third kappa shape index (κ3) is 4.21. The summed E-state index contributed by atoms with van der Waals surface area (Å²) in [6, 6.07) is 9.76. The first-order chi connectivity index (χ1) is 10.3. The molecule has 0 radical (unpaired) electrons. The number of anilines is 1. The number of nitrogens with zero attached hydrogens (tertiary/aromatic N) is 1. The Morgan fingerprint density at radius 3 is 2.62 bits per heavy atom. The van der Waals surface area contributed by atoms with E-state index in [0.717, 1.165) is 38.8 Å². The van der Waals surface area contributed by atoms with Crippen LogP contribution in [-0.2, 0) is 11.3 Å². The normalized spacial score (nSPS) is 26.8. The molecule has 0 amide bonds. The van der Waals surface area contributed by atoms with Crippen LogP contribution >= 0.6 is 0 Å². The smallest absolute Gasteiger partial charge is 0.0642 e. The molecule has 116 valence electrons. The summed E-state index contributed by atoms with van der Waals surface area (Å²) >= 11 is 0. The van der Waals surface area contributed by atoms with Gasteiger partial charge >= 0.3 is 0 Å². The molecular formula is C18H28N2O. The number of rotatable bonds is 4. The van der Waals surface area contributed by atoms with Gasteiger partial charge in [0, 0.05) is 31.4 Å². The van der Waals surface area contributed by atoms with E-state index in [1.165, 1.54) is 36.9 Å². The van der Waals surface area contributed by atoms with E-state index >= 15 is 0 Å². The number of benzene rings is 1. The number of ether oxygens (including phenoxy) is 1. The molecule has 3 rings (SSSR count). The second-order valence-electron chi connectivity index (χ2n) is 6.62. The molecule has 1 aliphatic carbocycles. The van der Waals surface area contributed by atoms with Crippen molar-refractivity contribution in [2.24, 2.45) is 5.92 Å². The average molecular weight is 288 g/mol. The van der Waals surface area contributed by atoms with Gasteiger partial charge in [0.1, 0.15) is 0 Å². The molecule has 1 aliphatic heterocycles. The second kappa shape index (κ2) is 7.28. The van der Waals surface area contributed by atoms with E-state index in [4.69, 9.17) is 4.74 Å². The SMILES string of the molecule is CC1CCCC(NCc2ccc(N3CCOCC3)cc2)C1. The first-order valence-corrected chi connectivity index (χ1v) is 8.46. The van der Waals surface area contributed by atoms with Crippen molar-refractivity contribution in [2.75, 3.05) is 31.2 Å². The summed E-state index contributed by atoms with van der Waals surface area (Å²) in [5.41, 5.74) is 2.72. The molecule has 3 nitrogen and oxygen atoms in total. The van der Waals surface area contributed by atoms with Crippen LogP contribution in [0, 0.1) is 5.92 Å². The number of hydrogen-bond acceptors (Lipinski definition) is 3. The number of nitrogens with one attached hydrogen (secondary N) is 1. The molecule has 21 heavy (non-hydrogen) atoms. The monoisotopic (exact) mass is 288 g/mol. The Balaban J connectivity index is 1.49. The Morgan fingerprint density at radius 1 is 1.14 bits per heavy atom. The lowest BCUT2D eigenvalue weighted by atomic mass is 9.87. The van der Waals surface area contributed by atoms with Crippen molar-refractivity contribution in [3.63, 3.8) is 0 Å². The lowest BCUT2D eigenvalue weighted by molar-refractivity contribution is 0.122. The van der Waals surface area contributed by atoms with Crippen molar-refractivity contribution in [1.82, 2.24) is 5.32 Å². The Bertz CT molecular complexity index is 425. The Kier molecular flexibility index (Phi) is 5.15. The van der Waals surface area contributed by atoms with Crippen molar-refractivity contribution in [2.45, 2.75) is 45.2 Å². The van der Waals surface area contributed by atoms with Gasteiger partial charge < -0.3 is 15.0 Å². The maximum absolute atomic E-state index is 5.41. The van der Waals surface area contributed by atoms with Crippen LogP contribution in [0.5, 0.6) is 0 Å². The van der Waals surface area contributed by atoms with E-state index in [0.29, 0.717) is 6.04 Å². The zero-order valence-electron chi connectivity index (χ0n) is 13.2. The van der Waals surface area contributed by atoms with Gasteiger partial charge in [0.05, 0.1) is 13.2 Å². The third-order valence-electron chi connectivity index (χ3n) is 4.84. The van der Waals surface area contributed by atoms with Crippen LogP contribution in [0.25, 0.3) is 0 Å². The van der Waals surface area contributed by atoms with Crippen LogP contribution in [0.15, 0.2) is 24.3 Å². The molecule has 1 saturated carbocycles. The summed E-state index contributed by atoms with van der Waals surface area (Å²) in [4.78, 5) is 2.41. The fourth-order valence-electron chi connectivity index (χ4n) is 3.53. The van der Waals surface area contributed by atoms with Gasteiger partial charge in [-0.25, -0.2) is 0 Å². The molecule has 2 aliphatic rings. The Morgan fingerprint density at radius 2 is 1.90 bits per heavy atom. The van der Waals surface area contributed by atoms with Crippen molar-refractivity contribution in [3.05, 3.63) is 29.8 Å². The minimum Gasteiger partial charge on any atom is -0.378 e. The average Bonchev–Trinajstić information content (AvgIpc) is 2.54. The molecule has 1 aromatic rings. The molecule has 1 saturated heterocycles. The topological polar surface area (TPSA) is 24.5 Å². The zero-order valence-corrected chi connectivity index (χ0v) is 13.2. The van der Waals surface area contributed by atoms with Crippen molar-refractivity contribution < 1.29 is 4.74 Å². The highest BCUT2D eigenvalue weighted by Gasteiger charge is 2.18. The van der Waals surface area contributed by atoms with E-state index in [9.17, 15) is 0 Å². The predicted molar refractivity (Wildman–Crippen MR) is 87.7 cm³/mol. The molecule has 1 N–H and O–H groups in total. The summed E-state index contributed by atoms with van der Waals surface area (Å²) in [5.74, 6) is 0.889. The Hall–Kier alpha value is -1.06. The molecule has 0 bridgehead atoms. The van der Waals surface area contributed by atoms with E-state index in [1.54, 1.807) is 0 Å². The van der Waals surface area contributed by atoms with Crippen molar-refractivity contribution in [1.29, 1.82) is 0 Å². The summed E-state index contributed by atoms with van der Waals surface area (Å²) in [6.45, 7) is 7.10. The minimum atomic E-state index is 0.715. The van der Waals surface area contributed by atoms with Crippen LogP contribution in [0.3, 0.4) is 0 Å². The van der Waals surface area contributed by atoms with E-state index < -0.39 is 0 Å². The summed E-state index contributed by atoms with van der Waals surface area (Å²) in [7, 11) is 0. The van der Waals surface area contributed by atoms with E-state index in [2.05, 4.69) is 41.4 Å². The number of hydrogen-bond donors (Lipinski definition) is 1. The van der Waals surface area contributed by atoms with Gasteiger partial charge in [-0.1, -0.05) is 31.9 Å². The number of morpholine rings is 1. The van der Waals surface area contributed by atoms with Gasteiger partial charge in [-0.3, -0.25) is 0 Å². The van der Waals surface area contributed by atoms with Gasteiger partial charge in [0.25, 0.3) is 0 Å². The maximum Gasteiger partial charge on any atom is 0.0642 e. The van der Waals surface area contributed by atoms with Gasteiger partial charge in [-0.05, 0) is 36.5 Å². The highest BCUT2D eigenvalue weighted by atomic mass is 16.5. The standard InChI is InChI=1S/C18H28N2O/c1-15-3-2-4-17(13-15)19-14-16-5-7-18(8-6-16)20-9-11-21-12-10-20/h5-8,15,17,19H,2-4,9-14H2,1H3. The quantitative estimate of drug-likeness (QED) is 0.921. The van der Waals surface area contributed by atoms with Crippen molar-refractivity contribution in [3.8, 4) is 0 Å². The lowest BCUT2D eigenvalue weighted by Gasteiger charge is -2.29. The molecule has 1 aromatic carbocycles. The molecule has 0 aromatic heterocycles. The molecule has 2 fully saturated rings. The first-order valence-electron chi connectivity index (χ1n) is 8.46. The summed E-state index contributed by atoms with van der Waals surface area (Å²) < 4.78 is 5.41. The highest BCUT2D eigenvalue weighted by molar-refractivity contribution is 5.47. The third-order valence-corrected chi connectivity index (χ3v) is 4.84. The van der Waals surface area contributed by atoms with Crippen LogP contribution < -0.4 is 10.2 Å². The minimum absolute atomic E-state index is 0.715. The predicted octanol–water partition coefficient (Wildman–Crippen LogP) is 3.19. The van der Waals surface area contributed by atoms with E-state index in [1.807, 2.05) is 0 Å². The van der Waals surface area contributed by atoms with Gasteiger partial charge in [-0.15, -0.1) is 0 Å². The molecule has 3 heteroatoms. The maximum atomic E-state index is 5.41. The molecule has 0 spiro atoms. The van der Waals surface area contributed by atoms with Crippen LogP contribution in [0.2, 0.25) is 0 Å². The Labute approximate surface area is 128 Å². The molecule has 1 heterocycles. The molecule has 2 unspecified atom stereocenters. The lowest BCUT2D eigenvalue weighted by Crippen LogP contribution is -2.36. The molecular weight excluding hydrogens is 260 g/mol. The van der Waals surface area contributed by atoms with Gasteiger partial charge in [-0.2, -0.15) is 0 Å². The van der Waals surface area contributed by atoms with Crippen LogP contribution in [0.1, 0.15) is 38.2 Å². The van der Waals surface area contributed by atoms with Gasteiger partial charge in [0.2, 0.25) is 0 Å². The van der Waals surface area contributed by atoms with Crippen molar-refractivity contribution >= 4 is 5.69 Å². The van der Waals surface area contributed by atoms with E-state index in [-0.39, 0.29) is 0 Å². The summed E-state index contributed by atoms with van der Waals surface area (Å²) in [6.07, 6.45) is 5.48. The fourth-order valence-corrected chi connectivity index (χ4v) is 3.53. The summed E-state index contributed by atoms with van der Waals surface area (Å²) in [5, 5.41) is 3.73. The highest BCUT2D eigenvalue weighted by Crippen LogP contribution is 2.24. The molecule has 2 atom stereocenters. The van der Waals surface area contributed by atoms with Gasteiger partial charge in [0.15, 0.2) is 0 Å². The zero-order chi connectivity index (χ0) is 14.5. The largest absolute Gasteiger partial charge is 0.378 e. The second-order valence-corrected chi connectivity index (χ2v) is 6.62. The van der Waals surface area contributed by atoms with Crippen LogP contribution in [0.4, 0.5) is 5.69 Å².